The fourth-order valence-corrected chi connectivity index (χ4v) is 0.503. The van der Waals surface area contributed by atoms with E-state index in [9.17, 15) is 4.79 Å². The smallest absolute Gasteiger partial charge is 0.266 e. The Balaban J connectivity index is 3.02. The molecule has 1 aromatic heterocycles. The maximum absolute atomic E-state index is 10.5. The fourth-order valence-electron chi connectivity index (χ4n) is 0.503. The molecule has 4 nitrogen and oxygen atoms in total. The van der Waals surface area contributed by atoms with Crippen LogP contribution in [-0.2, 0) is 0 Å². The molecule has 1 heterocycles. The van der Waals surface area contributed by atoms with Gasteiger partial charge in [0, 0.05) is 12.1 Å². The molecule has 1 aromatic rings. The summed E-state index contributed by atoms with van der Waals surface area (Å²) in [6, 6.07) is 1.64. The van der Waals surface area contributed by atoms with Crippen LogP contribution >= 0.6 is 0 Å². The molecule has 0 saturated heterocycles. The molecule has 4 heteroatoms. The third-order valence-electron chi connectivity index (χ3n) is 0.919. The van der Waals surface area contributed by atoms with E-state index in [1.54, 1.807) is 6.07 Å². The molecular formula is C7H3N3O. The maximum atomic E-state index is 10.5. The molecule has 0 saturated carbocycles. The van der Waals surface area contributed by atoms with E-state index in [2.05, 4.69) is 21.8 Å². The molecule has 52 valence electrons. The van der Waals surface area contributed by atoms with Gasteiger partial charge in [0.25, 0.3) is 5.56 Å². The van der Waals surface area contributed by atoms with Crippen molar-refractivity contribution in [1.29, 1.82) is 5.26 Å². The molecule has 0 atom stereocenters. The molecule has 0 bridgehead atoms. The fraction of sp³-hybridized carbons (Fsp3) is 0. The van der Waals surface area contributed by atoms with E-state index in [1.807, 2.05) is 0 Å². The number of H-pyrrole nitrogens is 1. The lowest BCUT2D eigenvalue weighted by molar-refractivity contribution is 1.12. The van der Waals surface area contributed by atoms with Crippen LogP contribution in [0.25, 0.3) is 0 Å². The zero-order valence-corrected chi connectivity index (χ0v) is 5.46. The van der Waals surface area contributed by atoms with Crippen molar-refractivity contribution in [1.82, 2.24) is 9.97 Å². The van der Waals surface area contributed by atoms with E-state index < -0.39 is 0 Å². The molecule has 0 amide bonds. The molecule has 1 rings (SSSR count). The van der Waals surface area contributed by atoms with E-state index in [1.165, 1.54) is 6.20 Å². The monoisotopic (exact) mass is 145 g/mol. The molecule has 0 fully saturated rings. The summed E-state index contributed by atoms with van der Waals surface area (Å²) < 4.78 is 0. The number of nitrogens with one attached hydrogen (secondary N) is 1. The Labute approximate surface area is 62.5 Å². The van der Waals surface area contributed by atoms with Gasteiger partial charge in [-0.05, 0) is 5.92 Å². The Morgan fingerprint density at radius 2 is 2.45 bits per heavy atom. The van der Waals surface area contributed by atoms with Crippen LogP contribution in [0, 0.1) is 23.2 Å². The second-order valence-corrected chi connectivity index (χ2v) is 1.66. The lowest BCUT2D eigenvalue weighted by Gasteiger charge is -1.83. The first-order chi connectivity index (χ1) is 5.33. The summed E-state index contributed by atoms with van der Waals surface area (Å²) in [6.45, 7) is 0. The Morgan fingerprint density at radius 1 is 1.64 bits per heavy atom. The number of hydrogen-bond donors (Lipinski definition) is 1. The predicted octanol–water partition coefficient (Wildman–Crippen LogP) is -0.355. The van der Waals surface area contributed by atoms with Crippen LogP contribution in [0.2, 0.25) is 0 Å². The molecule has 0 radical (unpaired) electrons. The molecule has 0 aliphatic heterocycles. The van der Waals surface area contributed by atoms with Crippen molar-refractivity contribution in [3.63, 3.8) is 0 Å². The van der Waals surface area contributed by atoms with Gasteiger partial charge in [0.05, 0.1) is 6.20 Å². The molecular weight excluding hydrogens is 142 g/mol. The van der Waals surface area contributed by atoms with Crippen LogP contribution in [0.5, 0.6) is 0 Å². The molecule has 0 aliphatic rings. The molecule has 0 spiro atoms. The Hall–Kier alpha value is -2.07. The summed E-state index contributed by atoms with van der Waals surface area (Å²) in [7, 11) is 0. The van der Waals surface area contributed by atoms with E-state index in [0.717, 1.165) is 6.20 Å². The van der Waals surface area contributed by atoms with Gasteiger partial charge >= 0.3 is 0 Å². The standard InChI is InChI=1S/C7H3N3O/c8-3-1-2-6-4-10-7(11)5-9-6/h4-5H,(H,10,11). The van der Waals surface area contributed by atoms with Gasteiger partial charge in [-0.2, -0.15) is 5.26 Å². The van der Waals surface area contributed by atoms with Crippen LogP contribution < -0.4 is 5.56 Å². The highest BCUT2D eigenvalue weighted by Gasteiger charge is 1.85. The van der Waals surface area contributed by atoms with Gasteiger partial charge < -0.3 is 4.98 Å². The molecule has 1 N–H and O–H groups in total. The first-order valence-corrected chi connectivity index (χ1v) is 2.78. The Kier molecular flexibility index (Phi) is 2.04. The van der Waals surface area contributed by atoms with Crippen molar-refractivity contribution in [3.05, 3.63) is 28.4 Å². The largest absolute Gasteiger partial charge is 0.325 e. The van der Waals surface area contributed by atoms with Crippen LogP contribution in [-0.4, -0.2) is 9.97 Å². The Bertz CT molecular complexity index is 382. The minimum Gasteiger partial charge on any atom is -0.325 e. The molecule has 0 aliphatic carbocycles. The minimum absolute atomic E-state index is 0.285. The van der Waals surface area contributed by atoms with E-state index in [4.69, 9.17) is 5.26 Å². The van der Waals surface area contributed by atoms with Crippen molar-refractivity contribution in [3.8, 4) is 17.9 Å². The van der Waals surface area contributed by atoms with Gasteiger partial charge in [-0.25, -0.2) is 4.98 Å². The zero-order chi connectivity index (χ0) is 8.10. The summed E-state index contributed by atoms with van der Waals surface area (Å²) in [5, 5.41) is 8.06. The SMILES string of the molecule is N#CC#Cc1c[nH]c(=O)cn1. The van der Waals surface area contributed by atoms with Crippen molar-refractivity contribution in [2.24, 2.45) is 0 Å². The molecule has 0 aromatic carbocycles. The summed E-state index contributed by atoms with van der Waals surface area (Å²) in [6.07, 6.45) is 2.47. The van der Waals surface area contributed by atoms with Gasteiger partial charge in [-0.1, -0.05) is 0 Å². The third kappa shape index (κ3) is 1.96. The normalized spacial score (nSPS) is 7.55. The minimum atomic E-state index is -0.285. The zero-order valence-electron chi connectivity index (χ0n) is 5.46. The van der Waals surface area contributed by atoms with Crippen molar-refractivity contribution in [2.75, 3.05) is 0 Å². The number of hydrogen-bond acceptors (Lipinski definition) is 3. The van der Waals surface area contributed by atoms with Crippen molar-refractivity contribution < 1.29 is 0 Å². The van der Waals surface area contributed by atoms with Crippen LogP contribution in [0.1, 0.15) is 5.69 Å². The highest BCUT2D eigenvalue weighted by Crippen LogP contribution is 1.80. The van der Waals surface area contributed by atoms with E-state index in [-0.39, 0.29) is 5.56 Å². The lowest BCUT2D eigenvalue weighted by atomic mass is 10.4. The van der Waals surface area contributed by atoms with Crippen molar-refractivity contribution in [2.45, 2.75) is 0 Å². The van der Waals surface area contributed by atoms with Gasteiger partial charge in [0.2, 0.25) is 0 Å². The highest BCUT2D eigenvalue weighted by atomic mass is 16.1. The number of aromatic amines is 1. The average Bonchev–Trinajstić information content (AvgIpc) is 2.04. The summed E-state index contributed by atoms with van der Waals surface area (Å²) >= 11 is 0. The van der Waals surface area contributed by atoms with E-state index in [0.29, 0.717) is 5.69 Å². The Morgan fingerprint density at radius 3 is 3.00 bits per heavy atom. The van der Waals surface area contributed by atoms with E-state index >= 15 is 0 Å². The summed E-state index contributed by atoms with van der Waals surface area (Å²) in [5.41, 5.74) is 0.0960. The van der Waals surface area contributed by atoms with Crippen LogP contribution in [0.3, 0.4) is 0 Å². The summed E-state index contributed by atoms with van der Waals surface area (Å²) in [5.74, 6) is 4.58. The van der Waals surface area contributed by atoms with Gasteiger partial charge in [-0.3, -0.25) is 4.79 Å². The topological polar surface area (TPSA) is 69.5 Å². The number of rotatable bonds is 0. The second kappa shape index (κ2) is 3.19. The number of nitrogens with zero attached hydrogens (tertiary/aromatic N) is 2. The number of aromatic nitrogens is 2. The van der Waals surface area contributed by atoms with Crippen LogP contribution in [0.4, 0.5) is 0 Å². The first kappa shape index (κ1) is 7.04. The summed E-state index contributed by atoms with van der Waals surface area (Å²) in [4.78, 5) is 16.5. The van der Waals surface area contributed by atoms with Crippen LogP contribution in [0.15, 0.2) is 17.2 Å². The van der Waals surface area contributed by atoms with Gasteiger partial charge in [0.1, 0.15) is 5.69 Å². The molecule has 11 heavy (non-hydrogen) atoms. The van der Waals surface area contributed by atoms with Crippen molar-refractivity contribution >= 4 is 0 Å². The van der Waals surface area contributed by atoms with Gasteiger partial charge in [0.15, 0.2) is 6.07 Å². The average molecular weight is 145 g/mol. The third-order valence-corrected chi connectivity index (χ3v) is 0.919. The predicted molar refractivity (Wildman–Crippen MR) is 37.3 cm³/mol. The quantitative estimate of drug-likeness (QED) is 0.507. The second-order valence-electron chi connectivity index (χ2n) is 1.66. The number of nitriles is 1. The van der Waals surface area contributed by atoms with Gasteiger partial charge in [-0.15, -0.1) is 0 Å². The lowest BCUT2D eigenvalue weighted by Crippen LogP contribution is -2.04. The first-order valence-electron chi connectivity index (χ1n) is 2.78. The highest BCUT2D eigenvalue weighted by molar-refractivity contribution is 5.30. The molecule has 0 unspecified atom stereocenters. The maximum Gasteiger partial charge on any atom is 0.266 e.